The number of esters is 1. The highest BCUT2D eigenvalue weighted by Crippen LogP contribution is 2.47. The molecule has 0 aromatic carbocycles. The Balaban J connectivity index is 2.05. The lowest BCUT2D eigenvalue weighted by Crippen LogP contribution is -2.32. The Hall–Kier alpha value is -1.52. The first-order valence-electron chi connectivity index (χ1n) is 6.79. The highest BCUT2D eigenvalue weighted by atomic mass is 16.6. The van der Waals surface area contributed by atoms with Gasteiger partial charge >= 0.3 is 11.9 Å². The predicted octanol–water partition coefficient (Wildman–Crippen LogP) is 2.26. The third kappa shape index (κ3) is 2.91. The molecule has 1 fully saturated rings. The topological polar surface area (TPSA) is 72.8 Å². The first-order chi connectivity index (χ1) is 9.10. The molecule has 2 aliphatic rings. The minimum Gasteiger partial charge on any atom is -0.497 e. The maximum atomic E-state index is 12.0. The third-order valence-electron chi connectivity index (χ3n) is 3.87. The molecule has 1 unspecified atom stereocenters. The zero-order valence-electron chi connectivity index (χ0n) is 11.2. The van der Waals surface area contributed by atoms with Gasteiger partial charge in [-0.15, -0.1) is 0 Å². The SMILES string of the molecule is CO/C1=C/CCCCCC1OC(=O)C1(C(=O)O)CC1. The number of carbonyl (C=O) groups excluding carboxylic acids is 1. The van der Waals surface area contributed by atoms with E-state index in [0.717, 1.165) is 25.7 Å². The van der Waals surface area contributed by atoms with Crippen LogP contribution in [-0.4, -0.2) is 30.3 Å². The molecule has 106 valence electrons. The highest BCUT2D eigenvalue weighted by molar-refractivity contribution is 6.02. The molecule has 0 spiro atoms. The molecule has 0 radical (unpaired) electrons. The van der Waals surface area contributed by atoms with Gasteiger partial charge in [0.25, 0.3) is 0 Å². The molecule has 1 N–H and O–H groups in total. The number of allylic oxidation sites excluding steroid dienone is 1. The number of rotatable bonds is 4. The van der Waals surface area contributed by atoms with E-state index < -0.39 is 23.5 Å². The van der Waals surface area contributed by atoms with E-state index in [0.29, 0.717) is 25.0 Å². The van der Waals surface area contributed by atoms with Gasteiger partial charge in [0.1, 0.15) is 5.76 Å². The Bertz CT molecular complexity index is 395. The number of carbonyl (C=O) groups is 2. The van der Waals surface area contributed by atoms with Gasteiger partial charge in [-0.1, -0.05) is 6.42 Å². The zero-order chi connectivity index (χ0) is 13.9. The first kappa shape index (κ1) is 13.9. The second-order valence-corrected chi connectivity index (χ2v) is 5.23. The van der Waals surface area contributed by atoms with Gasteiger partial charge in [0.05, 0.1) is 7.11 Å². The maximum absolute atomic E-state index is 12.0. The number of hydrogen-bond acceptors (Lipinski definition) is 4. The van der Waals surface area contributed by atoms with E-state index in [1.807, 2.05) is 6.08 Å². The molecule has 0 bridgehead atoms. The van der Waals surface area contributed by atoms with Crippen LogP contribution >= 0.6 is 0 Å². The summed E-state index contributed by atoms with van der Waals surface area (Å²) in [5, 5.41) is 9.08. The summed E-state index contributed by atoms with van der Waals surface area (Å²) in [5.74, 6) is -1.05. The molecular weight excluding hydrogens is 248 g/mol. The Kier molecular flexibility index (Phi) is 4.12. The molecule has 2 rings (SSSR count). The second kappa shape index (κ2) is 5.63. The summed E-state index contributed by atoms with van der Waals surface area (Å²) in [6.45, 7) is 0. The smallest absolute Gasteiger partial charge is 0.324 e. The molecule has 1 saturated carbocycles. The van der Waals surface area contributed by atoms with Gasteiger partial charge in [-0.3, -0.25) is 9.59 Å². The molecule has 5 heteroatoms. The second-order valence-electron chi connectivity index (χ2n) is 5.23. The molecule has 5 nitrogen and oxygen atoms in total. The van der Waals surface area contributed by atoms with Crippen molar-refractivity contribution in [2.24, 2.45) is 5.41 Å². The van der Waals surface area contributed by atoms with Crippen LogP contribution in [0.2, 0.25) is 0 Å². The summed E-state index contributed by atoms with van der Waals surface area (Å²) in [4.78, 5) is 23.1. The molecule has 0 aromatic rings. The van der Waals surface area contributed by atoms with Crippen molar-refractivity contribution in [3.05, 3.63) is 11.8 Å². The Morgan fingerprint density at radius 1 is 1.32 bits per heavy atom. The van der Waals surface area contributed by atoms with Crippen molar-refractivity contribution in [2.45, 2.75) is 51.0 Å². The van der Waals surface area contributed by atoms with Crippen LogP contribution in [0.15, 0.2) is 11.8 Å². The fraction of sp³-hybridized carbons (Fsp3) is 0.714. The monoisotopic (exact) mass is 268 g/mol. The molecule has 0 aromatic heterocycles. The zero-order valence-corrected chi connectivity index (χ0v) is 11.2. The highest BCUT2D eigenvalue weighted by Gasteiger charge is 2.59. The Morgan fingerprint density at radius 2 is 2.05 bits per heavy atom. The summed E-state index contributed by atoms with van der Waals surface area (Å²) in [7, 11) is 1.55. The van der Waals surface area contributed by atoms with E-state index in [9.17, 15) is 9.59 Å². The predicted molar refractivity (Wildman–Crippen MR) is 67.4 cm³/mol. The van der Waals surface area contributed by atoms with Crippen LogP contribution in [0.4, 0.5) is 0 Å². The van der Waals surface area contributed by atoms with E-state index >= 15 is 0 Å². The fourth-order valence-corrected chi connectivity index (χ4v) is 2.37. The van der Waals surface area contributed by atoms with Crippen LogP contribution in [-0.2, 0) is 19.1 Å². The van der Waals surface area contributed by atoms with Crippen molar-refractivity contribution in [1.82, 2.24) is 0 Å². The van der Waals surface area contributed by atoms with Crippen LogP contribution in [0.3, 0.4) is 0 Å². The Morgan fingerprint density at radius 3 is 2.63 bits per heavy atom. The van der Waals surface area contributed by atoms with E-state index in [4.69, 9.17) is 14.6 Å². The van der Waals surface area contributed by atoms with Crippen molar-refractivity contribution in [3.8, 4) is 0 Å². The van der Waals surface area contributed by atoms with Crippen LogP contribution in [0, 0.1) is 5.41 Å². The number of carboxylic acids is 1. The first-order valence-corrected chi connectivity index (χ1v) is 6.79. The summed E-state index contributed by atoms with van der Waals surface area (Å²) in [6.07, 6.45) is 7.01. The van der Waals surface area contributed by atoms with Gasteiger partial charge in [0.2, 0.25) is 0 Å². The van der Waals surface area contributed by atoms with Crippen LogP contribution in [0.1, 0.15) is 44.9 Å². The quantitative estimate of drug-likeness (QED) is 0.625. The van der Waals surface area contributed by atoms with Crippen LogP contribution < -0.4 is 0 Å². The molecule has 19 heavy (non-hydrogen) atoms. The molecule has 2 aliphatic carbocycles. The van der Waals surface area contributed by atoms with Gasteiger partial charge in [-0.05, 0) is 44.6 Å². The molecule has 0 aliphatic heterocycles. The standard InChI is InChI=1S/C14H20O5/c1-18-10-6-4-2-3-5-7-11(10)19-13(17)14(8-9-14)12(15)16/h6,11H,2-5,7-9H2,1H3,(H,15,16)/b10-6+. The lowest BCUT2D eigenvalue weighted by atomic mass is 10.0. The number of ether oxygens (including phenoxy) is 2. The number of carboxylic acid groups (broad SMARTS) is 1. The van der Waals surface area contributed by atoms with Gasteiger partial charge in [-0.25, -0.2) is 0 Å². The van der Waals surface area contributed by atoms with Crippen molar-refractivity contribution >= 4 is 11.9 Å². The van der Waals surface area contributed by atoms with Crippen LogP contribution in [0.25, 0.3) is 0 Å². The summed E-state index contributed by atoms with van der Waals surface area (Å²) < 4.78 is 10.7. The Labute approximate surface area is 112 Å². The lowest BCUT2D eigenvalue weighted by molar-refractivity contribution is -0.165. The van der Waals surface area contributed by atoms with E-state index in [2.05, 4.69) is 0 Å². The maximum Gasteiger partial charge on any atom is 0.324 e. The number of methoxy groups -OCH3 is 1. The van der Waals surface area contributed by atoms with Gasteiger partial charge in [0, 0.05) is 0 Å². The lowest BCUT2D eigenvalue weighted by Gasteiger charge is -2.23. The van der Waals surface area contributed by atoms with E-state index in [1.54, 1.807) is 7.11 Å². The van der Waals surface area contributed by atoms with Crippen molar-refractivity contribution in [3.63, 3.8) is 0 Å². The van der Waals surface area contributed by atoms with E-state index in [1.165, 1.54) is 0 Å². The van der Waals surface area contributed by atoms with Crippen molar-refractivity contribution in [2.75, 3.05) is 7.11 Å². The van der Waals surface area contributed by atoms with Crippen LogP contribution in [0.5, 0.6) is 0 Å². The minimum absolute atomic E-state index is 0.375. The molecule has 0 heterocycles. The normalized spacial score (nSPS) is 28.3. The fourth-order valence-electron chi connectivity index (χ4n) is 2.37. The minimum atomic E-state index is -1.29. The van der Waals surface area contributed by atoms with E-state index in [-0.39, 0.29) is 0 Å². The number of hydrogen-bond donors (Lipinski definition) is 1. The van der Waals surface area contributed by atoms with Gasteiger partial charge in [0.15, 0.2) is 11.5 Å². The molecule has 1 atom stereocenters. The summed E-state index contributed by atoms with van der Waals surface area (Å²) in [6, 6.07) is 0. The molecular formula is C14H20O5. The third-order valence-corrected chi connectivity index (χ3v) is 3.87. The van der Waals surface area contributed by atoms with Gasteiger partial charge < -0.3 is 14.6 Å². The summed E-state index contributed by atoms with van der Waals surface area (Å²) in [5.41, 5.74) is -1.29. The van der Waals surface area contributed by atoms with Gasteiger partial charge in [-0.2, -0.15) is 0 Å². The molecule has 0 amide bonds. The van der Waals surface area contributed by atoms with Crippen molar-refractivity contribution in [1.29, 1.82) is 0 Å². The molecule has 0 saturated heterocycles. The average Bonchev–Trinajstić information content (AvgIpc) is 3.14. The van der Waals surface area contributed by atoms with Crippen molar-refractivity contribution < 1.29 is 24.2 Å². The number of aliphatic carboxylic acids is 1. The average molecular weight is 268 g/mol. The largest absolute Gasteiger partial charge is 0.497 e. The summed E-state index contributed by atoms with van der Waals surface area (Å²) >= 11 is 0.